The second-order valence-corrected chi connectivity index (χ2v) is 9.28. The fourth-order valence-corrected chi connectivity index (χ4v) is 4.71. The number of nitrogens with one attached hydrogen (secondary N) is 1. The Morgan fingerprint density at radius 1 is 1.09 bits per heavy atom. The van der Waals surface area contributed by atoms with E-state index in [0.29, 0.717) is 24.3 Å². The van der Waals surface area contributed by atoms with E-state index >= 15 is 0 Å². The lowest BCUT2D eigenvalue weighted by molar-refractivity contribution is -0.130. The van der Waals surface area contributed by atoms with Crippen molar-refractivity contribution < 1.29 is 14.4 Å². The minimum atomic E-state index is -0.888. The molecule has 0 fully saturated rings. The van der Waals surface area contributed by atoms with Crippen molar-refractivity contribution >= 4 is 40.0 Å². The topological polar surface area (TPSA) is 82.6 Å². The normalized spacial score (nSPS) is 18.7. The van der Waals surface area contributed by atoms with Crippen molar-refractivity contribution in [1.29, 1.82) is 0 Å². The third-order valence-corrected chi connectivity index (χ3v) is 6.97. The number of carbonyl (C=O) groups is 3. The van der Waals surface area contributed by atoms with E-state index in [1.165, 1.54) is 6.92 Å². The van der Waals surface area contributed by atoms with Crippen molar-refractivity contribution in [2.75, 3.05) is 9.80 Å². The van der Waals surface area contributed by atoms with E-state index in [0.717, 1.165) is 22.0 Å². The molecule has 0 unspecified atom stereocenters. The number of hydrogen-bond acceptors (Lipinski definition) is 4. The number of anilines is 2. The molecule has 0 saturated heterocycles. The van der Waals surface area contributed by atoms with Gasteiger partial charge in [0.2, 0.25) is 11.8 Å². The van der Waals surface area contributed by atoms with Crippen molar-refractivity contribution in [3.8, 4) is 0 Å². The molecule has 0 spiro atoms. The Labute approximate surface area is 206 Å². The molecule has 182 valence electrons. The van der Waals surface area contributed by atoms with Gasteiger partial charge in [0.1, 0.15) is 6.04 Å². The number of nitrogens with zero attached hydrogens (tertiary/aromatic N) is 3. The molecule has 2 heterocycles. The number of aromatic nitrogens is 1. The van der Waals surface area contributed by atoms with E-state index in [2.05, 4.69) is 10.3 Å². The number of benzene rings is 2. The predicted octanol–water partition coefficient (Wildman–Crippen LogP) is 4.36. The van der Waals surface area contributed by atoms with Gasteiger partial charge in [-0.1, -0.05) is 44.2 Å². The zero-order valence-corrected chi connectivity index (χ0v) is 20.9. The molecule has 7 heteroatoms. The van der Waals surface area contributed by atoms with Crippen molar-refractivity contribution in [2.45, 2.75) is 59.7 Å². The zero-order chi connectivity index (χ0) is 25.3. The van der Waals surface area contributed by atoms with Crippen LogP contribution in [0.25, 0.3) is 10.9 Å². The van der Waals surface area contributed by atoms with Crippen molar-refractivity contribution in [1.82, 2.24) is 10.3 Å². The van der Waals surface area contributed by atoms with Crippen LogP contribution in [0, 0.1) is 12.8 Å². The summed E-state index contributed by atoms with van der Waals surface area (Å²) in [4.78, 5) is 47.7. The average Bonchev–Trinajstić information content (AvgIpc) is 2.93. The van der Waals surface area contributed by atoms with Crippen LogP contribution in [-0.4, -0.2) is 34.8 Å². The second kappa shape index (κ2) is 9.86. The molecule has 1 aliphatic rings. The van der Waals surface area contributed by atoms with Crippen LogP contribution in [0.15, 0.2) is 54.7 Å². The Kier molecular flexibility index (Phi) is 6.87. The third-order valence-electron chi connectivity index (χ3n) is 6.97. The largest absolute Gasteiger partial charge is 0.342 e. The summed E-state index contributed by atoms with van der Waals surface area (Å²) >= 11 is 0. The standard InChI is InChI=1S/C28H32N4O3/c1-6-17(2)27(34)30-26-19(4)32(20(5)33)25-14-10-9-13-24(25)31(28(26)35)16-22-18(3)15-29-23-12-8-7-11-21(22)23/h7-15,17,19,26H,6,16H2,1-5H3,(H,30,34)/t17-,19+,26+/m1/s1. The smallest absolute Gasteiger partial charge is 0.252 e. The Hall–Kier alpha value is -3.74. The van der Waals surface area contributed by atoms with Crippen LogP contribution in [0.3, 0.4) is 0 Å². The van der Waals surface area contributed by atoms with Crippen molar-refractivity contribution in [3.05, 3.63) is 65.9 Å². The van der Waals surface area contributed by atoms with Crippen LogP contribution < -0.4 is 15.1 Å². The van der Waals surface area contributed by atoms with Gasteiger partial charge in [-0.2, -0.15) is 0 Å². The molecule has 3 amide bonds. The third kappa shape index (κ3) is 4.50. The minimum absolute atomic E-state index is 0.187. The van der Waals surface area contributed by atoms with E-state index in [9.17, 15) is 14.4 Å². The second-order valence-electron chi connectivity index (χ2n) is 9.28. The van der Waals surface area contributed by atoms with Crippen LogP contribution in [-0.2, 0) is 20.9 Å². The van der Waals surface area contributed by atoms with Crippen LogP contribution in [0.2, 0.25) is 0 Å². The highest BCUT2D eigenvalue weighted by atomic mass is 16.2. The van der Waals surface area contributed by atoms with Gasteiger partial charge in [0.05, 0.1) is 29.5 Å². The average molecular weight is 473 g/mol. The molecule has 7 nitrogen and oxygen atoms in total. The van der Waals surface area contributed by atoms with Crippen LogP contribution in [0.1, 0.15) is 45.2 Å². The SMILES string of the molecule is CC[C@@H](C)C(=O)N[C@@H]1C(=O)N(Cc2c(C)cnc3ccccc23)c2ccccc2N(C(C)=O)[C@H]1C. The molecule has 4 rings (SSSR count). The van der Waals surface area contributed by atoms with Gasteiger partial charge in [0.15, 0.2) is 0 Å². The summed E-state index contributed by atoms with van der Waals surface area (Å²) < 4.78 is 0. The molecule has 1 aromatic heterocycles. The van der Waals surface area contributed by atoms with Crippen LogP contribution >= 0.6 is 0 Å². The van der Waals surface area contributed by atoms with Crippen LogP contribution in [0.5, 0.6) is 0 Å². The van der Waals surface area contributed by atoms with E-state index in [4.69, 9.17) is 0 Å². The summed E-state index contributed by atoms with van der Waals surface area (Å²) in [5.41, 5.74) is 4.09. The first-order chi connectivity index (χ1) is 16.7. The van der Waals surface area contributed by atoms with E-state index < -0.39 is 12.1 Å². The van der Waals surface area contributed by atoms with Crippen molar-refractivity contribution in [2.24, 2.45) is 5.92 Å². The van der Waals surface area contributed by atoms with Gasteiger partial charge >= 0.3 is 0 Å². The van der Waals surface area contributed by atoms with Gasteiger partial charge in [-0.3, -0.25) is 19.4 Å². The number of hydrogen-bond donors (Lipinski definition) is 1. The number of amides is 3. The highest BCUT2D eigenvalue weighted by Crippen LogP contribution is 2.37. The van der Waals surface area contributed by atoms with Crippen molar-refractivity contribution in [3.63, 3.8) is 0 Å². The van der Waals surface area contributed by atoms with E-state index in [1.54, 1.807) is 9.80 Å². The molecule has 35 heavy (non-hydrogen) atoms. The first-order valence-electron chi connectivity index (χ1n) is 12.1. The van der Waals surface area contributed by atoms with E-state index in [1.807, 2.05) is 82.4 Å². The fraction of sp³-hybridized carbons (Fsp3) is 0.357. The number of rotatable bonds is 5. The summed E-state index contributed by atoms with van der Waals surface area (Å²) in [6.07, 6.45) is 2.47. The summed E-state index contributed by atoms with van der Waals surface area (Å²) in [6, 6.07) is 13.8. The molecule has 0 aliphatic carbocycles. The number of fused-ring (bicyclic) bond motifs is 2. The lowest BCUT2D eigenvalue weighted by Crippen LogP contribution is -2.58. The zero-order valence-electron chi connectivity index (χ0n) is 20.9. The number of pyridine rings is 1. The Balaban J connectivity index is 1.87. The predicted molar refractivity (Wildman–Crippen MR) is 138 cm³/mol. The van der Waals surface area contributed by atoms with Gasteiger partial charge in [0.25, 0.3) is 5.91 Å². The molecule has 1 N–H and O–H groups in total. The molecule has 1 aliphatic heterocycles. The molecule has 0 saturated carbocycles. The molecule has 3 aromatic rings. The number of carbonyl (C=O) groups excluding carboxylic acids is 3. The maximum absolute atomic E-state index is 14.1. The Morgan fingerprint density at radius 2 is 1.74 bits per heavy atom. The number of aryl methyl sites for hydroxylation is 1. The summed E-state index contributed by atoms with van der Waals surface area (Å²) in [7, 11) is 0. The summed E-state index contributed by atoms with van der Waals surface area (Å²) in [6.45, 7) is 9.34. The molecule has 2 aromatic carbocycles. The molecule has 3 atom stereocenters. The fourth-order valence-electron chi connectivity index (χ4n) is 4.71. The monoisotopic (exact) mass is 472 g/mol. The maximum Gasteiger partial charge on any atom is 0.252 e. The van der Waals surface area contributed by atoms with Gasteiger partial charge in [-0.15, -0.1) is 0 Å². The lowest BCUT2D eigenvalue weighted by Gasteiger charge is -2.32. The maximum atomic E-state index is 14.1. The highest BCUT2D eigenvalue weighted by Gasteiger charge is 2.41. The summed E-state index contributed by atoms with van der Waals surface area (Å²) in [5, 5.41) is 3.93. The van der Waals surface area contributed by atoms with E-state index in [-0.39, 0.29) is 23.6 Å². The van der Waals surface area contributed by atoms with Gasteiger partial charge in [-0.05, 0) is 49.6 Å². The van der Waals surface area contributed by atoms with Crippen LogP contribution in [0.4, 0.5) is 11.4 Å². The Bertz CT molecular complexity index is 1290. The molecule has 0 bridgehead atoms. The Morgan fingerprint density at radius 3 is 2.43 bits per heavy atom. The van der Waals surface area contributed by atoms with Gasteiger partial charge in [0, 0.05) is 24.4 Å². The first kappa shape index (κ1) is 24.4. The molecular weight excluding hydrogens is 440 g/mol. The number of para-hydroxylation sites is 3. The highest BCUT2D eigenvalue weighted by molar-refractivity contribution is 6.08. The first-order valence-corrected chi connectivity index (χ1v) is 12.1. The molecule has 0 radical (unpaired) electrons. The summed E-state index contributed by atoms with van der Waals surface area (Å²) in [5.74, 6) is -0.873. The minimum Gasteiger partial charge on any atom is -0.342 e. The lowest BCUT2D eigenvalue weighted by atomic mass is 10.0. The van der Waals surface area contributed by atoms with Gasteiger partial charge in [-0.25, -0.2) is 0 Å². The van der Waals surface area contributed by atoms with Gasteiger partial charge < -0.3 is 15.1 Å². The quantitative estimate of drug-likeness (QED) is 0.598. The molecular formula is C28H32N4O3.